The van der Waals surface area contributed by atoms with Crippen molar-refractivity contribution in [1.82, 2.24) is 9.21 Å². The maximum absolute atomic E-state index is 12.9. The molecule has 2 aliphatic rings. The van der Waals surface area contributed by atoms with E-state index in [1.807, 2.05) is 13.0 Å². The molecule has 0 atom stereocenters. The van der Waals surface area contributed by atoms with Gasteiger partial charge in [-0.25, -0.2) is 8.42 Å². The molecule has 0 radical (unpaired) electrons. The van der Waals surface area contributed by atoms with Gasteiger partial charge in [0.15, 0.2) is 0 Å². The van der Waals surface area contributed by atoms with Crippen molar-refractivity contribution in [3.8, 4) is 5.75 Å². The summed E-state index contributed by atoms with van der Waals surface area (Å²) in [6, 6.07) is 5.13. The van der Waals surface area contributed by atoms with Gasteiger partial charge in [0.25, 0.3) is 0 Å². The van der Waals surface area contributed by atoms with Gasteiger partial charge in [-0.15, -0.1) is 0 Å². The molecule has 1 saturated carbocycles. The highest BCUT2D eigenvalue weighted by Gasteiger charge is 2.37. The quantitative estimate of drug-likeness (QED) is 0.829. The molecule has 1 saturated heterocycles. The Labute approximate surface area is 137 Å². The fourth-order valence-electron chi connectivity index (χ4n) is 2.86. The zero-order chi connectivity index (χ0) is 16.6. The van der Waals surface area contributed by atoms with Crippen molar-refractivity contribution in [2.45, 2.75) is 24.7 Å². The highest BCUT2D eigenvalue weighted by molar-refractivity contribution is 7.89. The number of aryl methyl sites for hydroxylation is 1. The summed E-state index contributed by atoms with van der Waals surface area (Å²) in [6.45, 7) is 3.44. The number of sulfonamides is 1. The second-order valence-electron chi connectivity index (χ2n) is 6.16. The van der Waals surface area contributed by atoms with E-state index < -0.39 is 10.0 Å². The summed E-state index contributed by atoms with van der Waals surface area (Å²) < 4.78 is 32.4. The minimum absolute atomic E-state index is 0.176. The number of hydrogen-bond acceptors (Lipinski definition) is 4. The fraction of sp³-hybridized carbons (Fsp3) is 0.562. The lowest BCUT2D eigenvalue weighted by Gasteiger charge is -2.34. The van der Waals surface area contributed by atoms with Gasteiger partial charge in [0.2, 0.25) is 15.9 Å². The van der Waals surface area contributed by atoms with Gasteiger partial charge in [0.1, 0.15) is 10.6 Å². The van der Waals surface area contributed by atoms with Gasteiger partial charge in [0, 0.05) is 32.1 Å². The second kappa shape index (κ2) is 6.13. The van der Waals surface area contributed by atoms with Crippen molar-refractivity contribution in [1.29, 1.82) is 0 Å². The van der Waals surface area contributed by atoms with E-state index in [9.17, 15) is 13.2 Å². The fourth-order valence-corrected chi connectivity index (χ4v) is 4.52. The molecule has 126 valence electrons. The smallest absolute Gasteiger partial charge is 0.246 e. The monoisotopic (exact) mass is 338 g/mol. The van der Waals surface area contributed by atoms with Crippen molar-refractivity contribution >= 4 is 15.9 Å². The van der Waals surface area contributed by atoms with Crippen LogP contribution in [0.1, 0.15) is 18.4 Å². The Hall–Kier alpha value is -1.60. The van der Waals surface area contributed by atoms with E-state index in [1.165, 1.54) is 11.4 Å². The van der Waals surface area contributed by atoms with Crippen LogP contribution in [0.4, 0.5) is 0 Å². The van der Waals surface area contributed by atoms with Crippen molar-refractivity contribution < 1.29 is 17.9 Å². The molecule has 7 heteroatoms. The first-order chi connectivity index (χ1) is 10.9. The van der Waals surface area contributed by atoms with Crippen LogP contribution in [0.3, 0.4) is 0 Å². The van der Waals surface area contributed by atoms with Crippen LogP contribution in [0.2, 0.25) is 0 Å². The Morgan fingerprint density at radius 2 is 1.83 bits per heavy atom. The first-order valence-corrected chi connectivity index (χ1v) is 9.31. The number of carbonyl (C=O) groups excluding carboxylic acids is 1. The predicted molar refractivity (Wildman–Crippen MR) is 85.8 cm³/mol. The maximum atomic E-state index is 12.9. The van der Waals surface area contributed by atoms with Gasteiger partial charge < -0.3 is 9.64 Å². The third-order valence-corrected chi connectivity index (χ3v) is 6.33. The van der Waals surface area contributed by atoms with E-state index in [4.69, 9.17) is 4.74 Å². The Morgan fingerprint density at radius 1 is 1.17 bits per heavy atom. The van der Waals surface area contributed by atoms with Gasteiger partial charge >= 0.3 is 0 Å². The lowest BCUT2D eigenvalue weighted by molar-refractivity contribution is -0.133. The third kappa shape index (κ3) is 3.21. The lowest BCUT2D eigenvalue weighted by Crippen LogP contribution is -2.50. The molecule has 0 N–H and O–H groups in total. The molecule has 1 aliphatic carbocycles. The van der Waals surface area contributed by atoms with E-state index in [2.05, 4.69) is 0 Å². The van der Waals surface area contributed by atoms with Crippen molar-refractivity contribution in [2.75, 3.05) is 33.3 Å². The molecule has 1 aromatic carbocycles. The minimum Gasteiger partial charge on any atom is -0.495 e. The molecule has 23 heavy (non-hydrogen) atoms. The number of amides is 1. The van der Waals surface area contributed by atoms with Gasteiger partial charge in [-0.05, 0) is 37.5 Å². The predicted octanol–water partition coefficient (Wildman–Crippen LogP) is 1.25. The Morgan fingerprint density at radius 3 is 2.39 bits per heavy atom. The molecule has 2 fully saturated rings. The van der Waals surface area contributed by atoms with E-state index in [-0.39, 0.29) is 16.7 Å². The summed E-state index contributed by atoms with van der Waals surface area (Å²) in [5.74, 6) is 0.706. The molecule has 0 aromatic heterocycles. The molecule has 1 amide bonds. The van der Waals surface area contributed by atoms with Gasteiger partial charge in [-0.1, -0.05) is 6.07 Å². The summed E-state index contributed by atoms with van der Waals surface area (Å²) >= 11 is 0. The van der Waals surface area contributed by atoms with Gasteiger partial charge in [0.05, 0.1) is 7.11 Å². The normalized spacial score (nSPS) is 19.7. The number of methoxy groups -OCH3 is 1. The van der Waals surface area contributed by atoms with E-state index >= 15 is 0 Å². The highest BCUT2D eigenvalue weighted by Crippen LogP contribution is 2.32. The van der Waals surface area contributed by atoms with Crippen LogP contribution in [0.5, 0.6) is 5.75 Å². The topological polar surface area (TPSA) is 66.9 Å². The maximum Gasteiger partial charge on any atom is 0.246 e. The van der Waals surface area contributed by atoms with Crippen LogP contribution in [-0.4, -0.2) is 56.8 Å². The van der Waals surface area contributed by atoms with Crippen molar-refractivity contribution in [3.63, 3.8) is 0 Å². The molecule has 1 aromatic rings. The summed E-state index contributed by atoms with van der Waals surface area (Å²) in [7, 11) is -2.14. The Kier molecular flexibility index (Phi) is 4.33. The number of rotatable bonds is 4. The Balaban J connectivity index is 1.76. The van der Waals surface area contributed by atoms with E-state index in [0.717, 1.165) is 18.4 Å². The summed E-state index contributed by atoms with van der Waals surface area (Å²) in [5, 5.41) is 0. The number of hydrogen-bond donors (Lipinski definition) is 0. The number of ether oxygens (including phenoxy) is 1. The SMILES string of the molecule is COc1ccc(C)cc1S(=O)(=O)N1CCN(C(=O)C2CC2)CC1. The van der Waals surface area contributed by atoms with Gasteiger partial charge in [-0.2, -0.15) is 4.31 Å². The van der Waals surface area contributed by atoms with Crippen LogP contribution >= 0.6 is 0 Å². The molecule has 0 unspecified atom stereocenters. The van der Waals surface area contributed by atoms with Crippen LogP contribution in [-0.2, 0) is 14.8 Å². The molecule has 1 heterocycles. The number of carbonyl (C=O) groups is 1. The molecular weight excluding hydrogens is 316 g/mol. The zero-order valence-corrected chi connectivity index (χ0v) is 14.3. The number of benzene rings is 1. The standard InChI is InChI=1S/C16H22N2O4S/c1-12-3-6-14(22-2)15(11-12)23(20,21)18-9-7-17(8-10-18)16(19)13-4-5-13/h3,6,11,13H,4-5,7-10H2,1-2H3. The Bertz CT molecular complexity index is 705. The van der Waals surface area contributed by atoms with Crippen molar-refractivity contribution in [2.24, 2.45) is 5.92 Å². The number of piperazine rings is 1. The first-order valence-electron chi connectivity index (χ1n) is 7.87. The average Bonchev–Trinajstić information content (AvgIpc) is 3.39. The van der Waals surface area contributed by atoms with Crippen molar-refractivity contribution in [3.05, 3.63) is 23.8 Å². The molecular formula is C16H22N2O4S. The highest BCUT2D eigenvalue weighted by atomic mass is 32.2. The minimum atomic E-state index is -3.61. The summed E-state index contributed by atoms with van der Waals surface area (Å²) in [4.78, 5) is 14.1. The molecule has 3 rings (SSSR count). The lowest BCUT2D eigenvalue weighted by atomic mass is 10.2. The van der Waals surface area contributed by atoms with Gasteiger partial charge in [-0.3, -0.25) is 4.79 Å². The molecule has 0 spiro atoms. The average molecular weight is 338 g/mol. The molecule has 0 bridgehead atoms. The van der Waals surface area contributed by atoms with Crippen LogP contribution in [0, 0.1) is 12.8 Å². The molecule has 1 aliphatic heterocycles. The molecule has 6 nitrogen and oxygen atoms in total. The zero-order valence-electron chi connectivity index (χ0n) is 13.5. The first kappa shape index (κ1) is 16.3. The van der Waals surface area contributed by atoms with Crippen LogP contribution in [0.25, 0.3) is 0 Å². The summed E-state index contributed by atoms with van der Waals surface area (Å²) in [6.07, 6.45) is 1.94. The van der Waals surface area contributed by atoms with E-state index in [0.29, 0.717) is 31.9 Å². The third-order valence-electron chi connectivity index (χ3n) is 4.41. The van der Waals surface area contributed by atoms with Crippen LogP contribution in [0.15, 0.2) is 23.1 Å². The second-order valence-corrected chi connectivity index (χ2v) is 8.06. The largest absolute Gasteiger partial charge is 0.495 e. The number of nitrogens with zero attached hydrogens (tertiary/aromatic N) is 2. The van der Waals surface area contributed by atoms with Crippen LogP contribution < -0.4 is 4.74 Å². The van der Waals surface area contributed by atoms with E-state index in [1.54, 1.807) is 17.0 Å². The summed E-state index contributed by atoms with van der Waals surface area (Å²) in [5.41, 5.74) is 0.868.